The molecule has 0 aliphatic rings. The SMILES string of the molecule is CCCOc1c(F)cc(C=NNc2nc(-c3ccccc3)cs2)cc1F. The first-order valence-electron chi connectivity index (χ1n) is 8.09. The predicted octanol–water partition coefficient (Wildman–Crippen LogP) is 5.32. The first-order valence-corrected chi connectivity index (χ1v) is 8.97. The van der Waals surface area contributed by atoms with Crippen molar-refractivity contribution in [2.45, 2.75) is 13.3 Å². The highest BCUT2D eigenvalue weighted by Crippen LogP contribution is 2.25. The van der Waals surface area contributed by atoms with E-state index in [0.717, 1.165) is 11.3 Å². The molecule has 3 aromatic rings. The molecular weight excluding hydrogens is 356 g/mol. The van der Waals surface area contributed by atoms with E-state index in [4.69, 9.17) is 4.74 Å². The Kier molecular flexibility index (Phi) is 5.91. The van der Waals surface area contributed by atoms with E-state index in [9.17, 15) is 8.78 Å². The quantitative estimate of drug-likeness (QED) is 0.450. The molecule has 4 nitrogen and oxygen atoms in total. The third kappa shape index (κ3) is 4.43. The lowest BCUT2D eigenvalue weighted by Gasteiger charge is -2.07. The molecule has 0 aliphatic carbocycles. The summed E-state index contributed by atoms with van der Waals surface area (Å²) >= 11 is 1.39. The van der Waals surface area contributed by atoms with Crippen LogP contribution in [0.25, 0.3) is 11.3 Å². The minimum absolute atomic E-state index is 0.261. The van der Waals surface area contributed by atoms with Crippen LogP contribution in [0, 0.1) is 11.6 Å². The highest BCUT2D eigenvalue weighted by atomic mass is 32.1. The molecule has 1 aromatic heterocycles. The van der Waals surface area contributed by atoms with Crippen LogP contribution in [0.1, 0.15) is 18.9 Å². The van der Waals surface area contributed by atoms with E-state index in [-0.39, 0.29) is 17.9 Å². The molecule has 0 amide bonds. The lowest BCUT2D eigenvalue weighted by molar-refractivity contribution is 0.285. The van der Waals surface area contributed by atoms with Crippen molar-refractivity contribution in [3.05, 3.63) is 65.0 Å². The Labute approximate surface area is 154 Å². The fourth-order valence-corrected chi connectivity index (χ4v) is 2.89. The summed E-state index contributed by atoms with van der Waals surface area (Å²) in [5, 5.41) is 6.49. The number of nitrogens with zero attached hydrogens (tertiary/aromatic N) is 2. The van der Waals surface area contributed by atoms with Crippen LogP contribution in [0.2, 0.25) is 0 Å². The van der Waals surface area contributed by atoms with Gasteiger partial charge in [0.2, 0.25) is 5.13 Å². The number of aromatic nitrogens is 1. The lowest BCUT2D eigenvalue weighted by Crippen LogP contribution is -2.01. The number of halogens is 2. The molecule has 1 heterocycles. The molecule has 0 saturated carbocycles. The van der Waals surface area contributed by atoms with Crippen LogP contribution < -0.4 is 10.2 Å². The van der Waals surface area contributed by atoms with Crippen molar-refractivity contribution in [1.82, 2.24) is 4.98 Å². The molecule has 0 atom stereocenters. The Morgan fingerprint density at radius 3 is 2.62 bits per heavy atom. The Morgan fingerprint density at radius 1 is 1.19 bits per heavy atom. The number of hydrogen-bond donors (Lipinski definition) is 1. The van der Waals surface area contributed by atoms with E-state index in [1.807, 2.05) is 42.6 Å². The Hall–Kier alpha value is -2.80. The van der Waals surface area contributed by atoms with E-state index < -0.39 is 11.6 Å². The third-order valence-electron chi connectivity index (χ3n) is 3.42. The Bertz CT molecular complexity index is 874. The van der Waals surface area contributed by atoms with Gasteiger partial charge in [-0.05, 0) is 18.6 Å². The van der Waals surface area contributed by atoms with Crippen LogP contribution in [-0.4, -0.2) is 17.8 Å². The molecule has 7 heteroatoms. The summed E-state index contributed by atoms with van der Waals surface area (Å²) in [7, 11) is 0. The van der Waals surface area contributed by atoms with Crippen molar-refractivity contribution in [2.75, 3.05) is 12.0 Å². The van der Waals surface area contributed by atoms with Gasteiger partial charge in [-0.2, -0.15) is 5.10 Å². The average Bonchev–Trinajstić information content (AvgIpc) is 3.11. The van der Waals surface area contributed by atoms with Gasteiger partial charge in [-0.15, -0.1) is 11.3 Å². The molecule has 0 spiro atoms. The summed E-state index contributed by atoms with van der Waals surface area (Å²) in [6, 6.07) is 12.1. The molecule has 26 heavy (non-hydrogen) atoms. The molecule has 2 aromatic carbocycles. The van der Waals surface area contributed by atoms with Gasteiger partial charge >= 0.3 is 0 Å². The fraction of sp³-hybridized carbons (Fsp3) is 0.158. The van der Waals surface area contributed by atoms with Crippen LogP contribution in [0.5, 0.6) is 5.75 Å². The van der Waals surface area contributed by atoms with Crippen molar-refractivity contribution < 1.29 is 13.5 Å². The van der Waals surface area contributed by atoms with E-state index in [2.05, 4.69) is 15.5 Å². The number of nitrogens with one attached hydrogen (secondary N) is 1. The first-order chi connectivity index (χ1) is 12.7. The van der Waals surface area contributed by atoms with Crippen LogP contribution >= 0.6 is 11.3 Å². The summed E-state index contributed by atoms with van der Waals surface area (Å²) < 4.78 is 32.9. The second-order valence-electron chi connectivity index (χ2n) is 5.44. The number of rotatable bonds is 7. The summed E-state index contributed by atoms with van der Waals surface area (Å²) in [4.78, 5) is 4.42. The number of hydrazone groups is 1. The standard InChI is InChI=1S/C19H17F2N3OS/c1-2-8-25-18-15(20)9-13(10-16(18)21)11-22-24-19-23-17(12-26-19)14-6-4-3-5-7-14/h3-7,9-12H,2,8H2,1H3,(H,23,24). The van der Waals surface area contributed by atoms with Crippen molar-refractivity contribution in [3.8, 4) is 17.0 Å². The molecule has 0 radical (unpaired) electrons. The minimum Gasteiger partial charge on any atom is -0.488 e. The zero-order chi connectivity index (χ0) is 18.4. The van der Waals surface area contributed by atoms with E-state index in [0.29, 0.717) is 11.6 Å². The molecule has 3 rings (SSSR count). The zero-order valence-corrected chi connectivity index (χ0v) is 14.9. The smallest absolute Gasteiger partial charge is 0.203 e. The molecular formula is C19H17F2N3OS. The van der Waals surface area contributed by atoms with Gasteiger partial charge in [0.05, 0.1) is 18.5 Å². The molecule has 0 unspecified atom stereocenters. The molecule has 0 bridgehead atoms. The van der Waals surface area contributed by atoms with Crippen LogP contribution in [0.15, 0.2) is 52.9 Å². The normalized spacial score (nSPS) is 11.0. The van der Waals surface area contributed by atoms with Crippen LogP contribution in [-0.2, 0) is 0 Å². The number of anilines is 1. The monoisotopic (exact) mass is 373 g/mol. The first kappa shape index (κ1) is 18.0. The number of ether oxygens (including phenoxy) is 1. The topological polar surface area (TPSA) is 46.5 Å². The number of thiazole rings is 1. The molecule has 0 fully saturated rings. The van der Waals surface area contributed by atoms with Gasteiger partial charge in [-0.3, -0.25) is 5.43 Å². The fourth-order valence-electron chi connectivity index (χ4n) is 2.22. The maximum Gasteiger partial charge on any atom is 0.203 e. The van der Waals surface area contributed by atoms with Crippen molar-refractivity contribution >= 4 is 22.7 Å². The van der Waals surface area contributed by atoms with E-state index >= 15 is 0 Å². The summed E-state index contributed by atoms with van der Waals surface area (Å²) in [5.74, 6) is -1.86. The van der Waals surface area contributed by atoms with Gasteiger partial charge in [0.1, 0.15) is 0 Å². The summed E-state index contributed by atoms with van der Waals surface area (Å²) in [6.07, 6.45) is 2.00. The maximum atomic E-state index is 13.9. The molecule has 1 N–H and O–H groups in total. The molecule has 0 aliphatic heterocycles. The Morgan fingerprint density at radius 2 is 1.92 bits per heavy atom. The number of hydrogen-bond acceptors (Lipinski definition) is 5. The van der Waals surface area contributed by atoms with Crippen LogP contribution in [0.3, 0.4) is 0 Å². The van der Waals surface area contributed by atoms with Gasteiger partial charge in [-0.25, -0.2) is 13.8 Å². The average molecular weight is 373 g/mol. The second kappa shape index (κ2) is 8.53. The van der Waals surface area contributed by atoms with Gasteiger partial charge in [0.15, 0.2) is 17.4 Å². The van der Waals surface area contributed by atoms with Crippen molar-refractivity contribution in [3.63, 3.8) is 0 Å². The Balaban J connectivity index is 1.67. The molecule has 0 saturated heterocycles. The second-order valence-corrected chi connectivity index (χ2v) is 6.29. The lowest BCUT2D eigenvalue weighted by atomic mass is 10.2. The maximum absolute atomic E-state index is 13.9. The predicted molar refractivity (Wildman–Crippen MR) is 101 cm³/mol. The highest BCUT2D eigenvalue weighted by Gasteiger charge is 2.11. The highest BCUT2D eigenvalue weighted by molar-refractivity contribution is 7.14. The van der Waals surface area contributed by atoms with Gasteiger partial charge in [-0.1, -0.05) is 37.3 Å². The van der Waals surface area contributed by atoms with Gasteiger partial charge < -0.3 is 4.74 Å². The van der Waals surface area contributed by atoms with Gasteiger partial charge in [0, 0.05) is 16.5 Å². The van der Waals surface area contributed by atoms with Crippen molar-refractivity contribution in [1.29, 1.82) is 0 Å². The van der Waals surface area contributed by atoms with E-state index in [1.54, 1.807) is 0 Å². The van der Waals surface area contributed by atoms with E-state index in [1.165, 1.54) is 29.7 Å². The number of benzene rings is 2. The zero-order valence-electron chi connectivity index (χ0n) is 14.1. The minimum atomic E-state index is -0.750. The summed E-state index contributed by atoms with van der Waals surface area (Å²) in [6.45, 7) is 2.13. The van der Waals surface area contributed by atoms with Gasteiger partial charge in [0.25, 0.3) is 0 Å². The summed E-state index contributed by atoms with van der Waals surface area (Å²) in [5.41, 5.74) is 4.90. The van der Waals surface area contributed by atoms with Crippen molar-refractivity contribution in [2.24, 2.45) is 5.10 Å². The van der Waals surface area contributed by atoms with Crippen LogP contribution in [0.4, 0.5) is 13.9 Å². The largest absolute Gasteiger partial charge is 0.488 e. The molecule has 134 valence electrons. The third-order valence-corrected chi connectivity index (χ3v) is 4.17.